The third-order valence-electron chi connectivity index (χ3n) is 7.20. The van der Waals surface area contributed by atoms with Crippen molar-refractivity contribution >= 4 is 17.5 Å². The van der Waals surface area contributed by atoms with Gasteiger partial charge in [-0.05, 0) is 55.2 Å². The summed E-state index contributed by atoms with van der Waals surface area (Å²) < 4.78 is 12.3. The number of Topliss-reactive ketones (excluding diaryl/α,β-unsaturated/α-hetero) is 1. The summed E-state index contributed by atoms with van der Waals surface area (Å²) in [6, 6.07) is 16.0. The Morgan fingerprint density at radius 3 is 2.94 bits per heavy atom. The average molecular weight is 455 g/mol. The molecule has 1 N–H and O–H groups in total. The van der Waals surface area contributed by atoms with Crippen LogP contribution in [-0.2, 0) is 22.4 Å². The smallest absolute Gasteiger partial charge is 0.225 e. The standard InChI is InChI=1S/C28H26N2O4/c1-16-4-2-3-5-17(16)6-7-18(31)14-22-26-21-15-19(8-10-23(21)34-27(22)26)33-24-12-13-29-28-20(24)9-11-25(32)30-28/h2-5,8,10,12-13,15,22,26-27H,6-7,9,11,14H2,1H3,(H,29,30,32)/t22-,26-,27+/m0/s1. The van der Waals surface area contributed by atoms with Gasteiger partial charge in [-0.15, -0.1) is 0 Å². The summed E-state index contributed by atoms with van der Waals surface area (Å²) in [5.41, 5.74) is 4.52. The first kappa shape index (κ1) is 20.9. The van der Waals surface area contributed by atoms with Gasteiger partial charge in [0, 0.05) is 48.4 Å². The largest absolute Gasteiger partial charge is 0.489 e. The molecule has 6 rings (SSSR count). The number of anilines is 1. The third kappa shape index (κ3) is 3.83. The highest BCUT2D eigenvalue weighted by Crippen LogP contribution is 2.60. The molecule has 2 aliphatic heterocycles. The molecule has 1 saturated carbocycles. The van der Waals surface area contributed by atoms with Crippen LogP contribution in [0.3, 0.4) is 0 Å². The van der Waals surface area contributed by atoms with E-state index >= 15 is 0 Å². The second-order valence-electron chi connectivity index (χ2n) is 9.43. The van der Waals surface area contributed by atoms with Crippen molar-refractivity contribution in [3.8, 4) is 17.2 Å². The van der Waals surface area contributed by atoms with Gasteiger partial charge in [-0.3, -0.25) is 9.59 Å². The molecule has 1 aromatic heterocycles. The average Bonchev–Trinajstić information content (AvgIpc) is 3.34. The van der Waals surface area contributed by atoms with Gasteiger partial charge in [0.25, 0.3) is 0 Å². The molecule has 0 unspecified atom stereocenters. The lowest BCUT2D eigenvalue weighted by molar-refractivity contribution is -0.119. The molecule has 0 bridgehead atoms. The Labute approximate surface area is 198 Å². The summed E-state index contributed by atoms with van der Waals surface area (Å²) in [6.45, 7) is 2.09. The molecular formula is C28H26N2O4. The van der Waals surface area contributed by atoms with Crippen molar-refractivity contribution < 1.29 is 19.1 Å². The SMILES string of the molecule is Cc1ccccc1CCC(=O)C[C@@H]1[C@H]2Oc3ccc(Oc4ccnc5c4CCC(=O)N5)cc3[C@@H]12. The molecule has 2 aromatic carbocycles. The highest BCUT2D eigenvalue weighted by molar-refractivity contribution is 5.93. The molecule has 1 fully saturated rings. The lowest BCUT2D eigenvalue weighted by Gasteiger charge is -2.19. The third-order valence-corrected chi connectivity index (χ3v) is 7.20. The molecule has 3 heterocycles. The van der Waals surface area contributed by atoms with Crippen molar-refractivity contribution in [1.29, 1.82) is 0 Å². The number of hydrogen-bond acceptors (Lipinski definition) is 5. The van der Waals surface area contributed by atoms with Crippen LogP contribution in [0.5, 0.6) is 17.2 Å². The van der Waals surface area contributed by atoms with E-state index in [1.807, 2.05) is 36.4 Å². The first-order valence-corrected chi connectivity index (χ1v) is 11.9. The molecule has 34 heavy (non-hydrogen) atoms. The fourth-order valence-corrected chi connectivity index (χ4v) is 5.27. The van der Waals surface area contributed by atoms with Crippen molar-refractivity contribution in [3.05, 3.63) is 77.0 Å². The number of ketones is 1. The first-order valence-electron chi connectivity index (χ1n) is 11.9. The quantitative estimate of drug-likeness (QED) is 0.535. The number of nitrogens with one attached hydrogen (secondary N) is 1. The molecule has 6 nitrogen and oxygen atoms in total. The number of nitrogens with zero attached hydrogens (tertiary/aromatic N) is 1. The van der Waals surface area contributed by atoms with E-state index in [9.17, 15) is 9.59 Å². The summed E-state index contributed by atoms with van der Waals surface area (Å²) in [6.07, 6.45) is 4.69. The number of carbonyl (C=O) groups excluding carboxylic acids is 2. The van der Waals surface area contributed by atoms with Crippen molar-refractivity contribution in [1.82, 2.24) is 4.98 Å². The number of aryl methyl sites for hydroxylation is 2. The van der Waals surface area contributed by atoms with Crippen molar-refractivity contribution in [2.75, 3.05) is 5.32 Å². The monoisotopic (exact) mass is 454 g/mol. The van der Waals surface area contributed by atoms with Gasteiger partial charge in [-0.2, -0.15) is 0 Å². The maximum atomic E-state index is 12.7. The molecule has 0 spiro atoms. The van der Waals surface area contributed by atoms with Gasteiger partial charge in [-0.1, -0.05) is 24.3 Å². The number of hydrogen-bond donors (Lipinski definition) is 1. The summed E-state index contributed by atoms with van der Waals surface area (Å²) in [4.78, 5) is 28.6. The number of fused-ring (bicyclic) bond motifs is 4. The predicted molar refractivity (Wildman–Crippen MR) is 127 cm³/mol. The highest BCUT2D eigenvalue weighted by atomic mass is 16.5. The normalized spacial score (nSPS) is 21.6. The minimum Gasteiger partial charge on any atom is -0.489 e. The lowest BCUT2D eigenvalue weighted by atomic mass is 9.99. The zero-order chi connectivity index (χ0) is 23.2. The molecule has 1 aliphatic carbocycles. The fourth-order valence-electron chi connectivity index (χ4n) is 5.27. The topological polar surface area (TPSA) is 77.5 Å². The van der Waals surface area contributed by atoms with Gasteiger partial charge < -0.3 is 14.8 Å². The molecule has 3 aliphatic rings. The number of ether oxygens (including phenoxy) is 2. The Balaban J connectivity index is 1.11. The van der Waals surface area contributed by atoms with Crippen LogP contribution >= 0.6 is 0 Å². The van der Waals surface area contributed by atoms with E-state index < -0.39 is 0 Å². The van der Waals surface area contributed by atoms with Crippen LogP contribution in [0.1, 0.15) is 47.4 Å². The van der Waals surface area contributed by atoms with Crippen molar-refractivity contribution in [2.24, 2.45) is 5.92 Å². The van der Waals surface area contributed by atoms with Gasteiger partial charge in [-0.25, -0.2) is 4.98 Å². The van der Waals surface area contributed by atoms with E-state index in [1.165, 1.54) is 11.1 Å². The Hall–Kier alpha value is -3.67. The van der Waals surface area contributed by atoms with Crippen LogP contribution in [0, 0.1) is 12.8 Å². The molecule has 0 saturated heterocycles. The fraction of sp³-hybridized carbons (Fsp3) is 0.321. The second-order valence-corrected chi connectivity index (χ2v) is 9.43. The number of benzene rings is 2. The Kier molecular flexibility index (Phi) is 5.09. The number of pyridine rings is 1. The minimum absolute atomic E-state index is 0.0221. The van der Waals surface area contributed by atoms with Crippen molar-refractivity contribution in [3.63, 3.8) is 0 Å². The molecule has 6 heteroatoms. The van der Waals surface area contributed by atoms with E-state index in [4.69, 9.17) is 9.47 Å². The summed E-state index contributed by atoms with van der Waals surface area (Å²) >= 11 is 0. The molecule has 3 atom stereocenters. The number of rotatable bonds is 7. The highest BCUT2D eigenvalue weighted by Gasteiger charge is 2.58. The van der Waals surface area contributed by atoms with E-state index in [0.717, 1.165) is 29.0 Å². The van der Waals surface area contributed by atoms with Crippen LogP contribution in [0.2, 0.25) is 0 Å². The molecule has 1 amide bonds. The number of amides is 1. The van der Waals surface area contributed by atoms with Gasteiger partial charge in [0.2, 0.25) is 5.91 Å². The van der Waals surface area contributed by atoms with Gasteiger partial charge >= 0.3 is 0 Å². The van der Waals surface area contributed by atoms with Gasteiger partial charge in [0.1, 0.15) is 35.0 Å². The zero-order valence-electron chi connectivity index (χ0n) is 19.0. The Bertz CT molecular complexity index is 1300. The summed E-state index contributed by atoms with van der Waals surface area (Å²) in [5.74, 6) is 3.67. The van der Waals surface area contributed by atoms with Crippen LogP contribution in [-0.4, -0.2) is 22.8 Å². The van der Waals surface area contributed by atoms with Gasteiger partial charge in [0.15, 0.2) is 0 Å². The Morgan fingerprint density at radius 1 is 1.18 bits per heavy atom. The van der Waals surface area contributed by atoms with E-state index in [2.05, 4.69) is 29.4 Å². The Morgan fingerprint density at radius 2 is 2.06 bits per heavy atom. The summed E-state index contributed by atoms with van der Waals surface area (Å²) in [7, 11) is 0. The van der Waals surface area contributed by atoms with Crippen molar-refractivity contribution in [2.45, 2.75) is 51.0 Å². The van der Waals surface area contributed by atoms with Crippen LogP contribution in [0.25, 0.3) is 0 Å². The molecule has 172 valence electrons. The minimum atomic E-state index is -0.0221. The number of aromatic nitrogens is 1. The van der Waals surface area contributed by atoms with Crippen LogP contribution < -0.4 is 14.8 Å². The van der Waals surface area contributed by atoms with E-state index in [1.54, 1.807) is 6.20 Å². The van der Waals surface area contributed by atoms with E-state index in [0.29, 0.717) is 43.0 Å². The summed E-state index contributed by atoms with van der Waals surface area (Å²) in [5, 5.41) is 2.81. The molecular weight excluding hydrogens is 428 g/mol. The number of carbonyl (C=O) groups is 2. The zero-order valence-corrected chi connectivity index (χ0v) is 19.0. The first-order chi connectivity index (χ1) is 16.6. The predicted octanol–water partition coefficient (Wildman–Crippen LogP) is 5.13. The molecule has 3 aromatic rings. The maximum Gasteiger partial charge on any atom is 0.225 e. The van der Waals surface area contributed by atoms with Gasteiger partial charge in [0.05, 0.1) is 0 Å². The maximum absolute atomic E-state index is 12.7. The lowest BCUT2D eigenvalue weighted by Crippen LogP contribution is -2.20. The second kappa shape index (κ2) is 8.28. The van der Waals surface area contributed by atoms with Crippen LogP contribution in [0.15, 0.2) is 54.7 Å². The molecule has 0 radical (unpaired) electrons. The van der Waals surface area contributed by atoms with Crippen LogP contribution in [0.4, 0.5) is 5.82 Å². The van der Waals surface area contributed by atoms with E-state index in [-0.39, 0.29) is 23.8 Å².